The zero-order chi connectivity index (χ0) is 17.6. The molecule has 1 aromatic rings. The number of hydrogen-bond acceptors (Lipinski definition) is 1. The lowest BCUT2D eigenvalue weighted by atomic mass is 9.90. The lowest BCUT2D eigenvalue weighted by Crippen LogP contribution is -2.02. The van der Waals surface area contributed by atoms with Crippen LogP contribution in [0.5, 0.6) is 5.75 Å². The lowest BCUT2D eigenvalue weighted by Gasteiger charge is -2.16. The van der Waals surface area contributed by atoms with E-state index in [2.05, 4.69) is 26.8 Å². The van der Waals surface area contributed by atoms with Gasteiger partial charge < -0.3 is 5.11 Å². The molecule has 0 fully saturated rings. The normalized spacial score (nSPS) is 11.1. The zero-order valence-corrected chi connectivity index (χ0v) is 16.5. The molecule has 0 aliphatic rings. The minimum atomic E-state index is 0.526. The van der Waals surface area contributed by atoms with E-state index in [1.807, 2.05) is 6.07 Å². The second-order valence-electron chi connectivity index (χ2n) is 7.28. The largest absolute Gasteiger partial charge is 0.508 e. The summed E-state index contributed by atoms with van der Waals surface area (Å²) in [4.78, 5) is 0. The third-order valence-corrected chi connectivity index (χ3v) is 5.11. The fourth-order valence-electron chi connectivity index (χ4n) is 3.53. The lowest BCUT2D eigenvalue weighted by molar-refractivity contribution is 0.464. The van der Waals surface area contributed by atoms with E-state index in [0.29, 0.717) is 5.75 Å². The number of aromatic hydroxyl groups is 1. The quantitative estimate of drug-likeness (QED) is 0.352. The molecule has 0 spiro atoms. The number of aryl methyl sites for hydroxylation is 1. The molecule has 0 heterocycles. The number of hydrogen-bond donors (Lipinski definition) is 1. The first-order valence-electron chi connectivity index (χ1n) is 10.6. The first-order chi connectivity index (χ1) is 11.7. The average molecular weight is 333 g/mol. The second kappa shape index (κ2) is 13.3. The predicted molar refractivity (Wildman–Crippen MR) is 107 cm³/mol. The van der Waals surface area contributed by atoms with Crippen molar-refractivity contribution in [1.82, 2.24) is 0 Å². The standard InChI is InChI=1S/C23H40O/c1-4-7-10-11-12-13-14-15-20-18-19-23(24)22(17-9-6-3)21(20)16-8-5-2/h18-19,24H,4-17H2,1-3H3. The van der Waals surface area contributed by atoms with E-state index in [-0.39, 0.29) is 0 Å². The van der Waals surface area contributed by atoms with Gasteiger partial charge in [-0.15, -0.1) is 0 Å². The average Bonchev–Trinajstić information content (AvgIpc) is 2.59. The minimum Gasteiger partial charge on any atom is -0.508 e. The SMILES string of the molecule is CCCCCCCCCc1ccc(O)c(CCCC)c1CCCC. The van der Waals surface area contributed by atoms with Gasteiger partial charge >= 0.3 is 0 Å². The van der Waals surface area contributed by atoms with Crippen LogP contribution in [0.25, 0.3) is 0 Å². The van der Waals surface area contributed by atoms with Crippen molar-refractivity contribution in [1.29, 1.82) is 0 Å². The highest BCUT2D eigenvalue weighted by atomic mass is 16.3. The van der Waals surface area contributed by atoms with E-state index in [9.17, 15) is 5.11 Å². The van der Waals surface area contributed by atoms with Gasteiger partial charge in [0, 0.05) is 0 Å². The summed E-state index contributed by atoms with van der Waals surface area (Å²) in [5.74, 6) is 0.526. The number of rotatable bonds is 14. The van der Waals surface area contributed by atoms with Gasteiger partial charge in [0.15, 0.2) is 0 Å². The molecule has 0 saturated carbocycles. The van der Waals surface area contributed by atoms with Crippen LogP contribution in [0.15, 0.2) is 12.1 Å². The molecule has 0 aromatic heterocycles. The van der Waals surface area contributed by atoms with Crippen LogP contribution in [-0.4, -0.2) is 5.11 Å². The van der Waals surface area contributed by atoms with Crippen molar-refractivity contribution in [2.75, 3.05) is 0 Å². The molecule has 0 radical (unpaired) electrons. The molecular weight excluding hydrogens is 292 g/mol. The molecular formula is C23H40O. The highest BCUT2D eigenvalue weighted by Gasteiger charge is 2.12. The number of phenolic OH excluding ortho intramolecular Hbond substituents is 1. The summed E-state index contributed by atoms with van der Waals surface area (Å²) in [5.41, 5.74) is 4.21. The van der Waals surface area contributed by atoms with Gasteiger partial charge in [0.05, 0.1) is 0 Å². The molecule has 0 unspecified atom stereocenters. The molecule has 0 aliphatic carbocycles. The van der Waals surface area contributed by atoms with Crippen LogP contribution in [0.2, 0.25) is 0 Å². The third-order valence-electron chi connectivity index (χ3n) is 5.11. The number of phenols is 1. The first-order valence-corrected chi connectivity index (χ1v) is 10.6. The van der Waals surface area contributed by atoms with E-state index in [1.54, 1.807) is 0 Å². The Morgan fingerprint density at radius 1 is 0.583 bits per heavy atom. The van der Waals surface area contributed by atoms with E-state index in [1.165, 1.54) is 93.7 Å². The smallest absolute Gasteiger partial charge is 0.119 e. The predicted octanol–water partition coefficient (Wildman–Crippen LogP) is 7.37. The van der Waals surface area contributed by atoms with Gasteiger partial charge in [0.25, 0.3) is 0 Å². The monoisotopic (exact) mass is 332 g/mol. The van der Waals surface area contributed by atoms with Crippen molar-refractivity contribution >= 4 is 0 Å². The van der Waals surface area contributed by atoms with Crippen LogP contribution in [0.4, 0.5) is 0 Å². The van der Waals surface area contributed by atoms with Gasteiger partial charge in [-0.2, -0.15) is 0 Å². The van der Waals surface area contributed by atoms with Crippen LogP contribution in [-0.2, 0) is 19.3 Å². The Bertz CT molecular complexity index is 436. The molecule has 0 amide bonds. The summed E-state index contributed by atoms with van der Waals surface area (Å²) in [6.07, 6.45) is 17.7. The summed E-state index contributed by atoms with van der Waals surface area (Å²) in [5, 5.41) is 10.3. The fourth-order valence-corrected chi connectivity index (χ4v) is 3.53. The molecule has 1 N–H and O–H groups in total. The minimum absolute atomic E-state index is 0.526. The van der Waals surface area contributed by atoms with Gasteiger partial charge in [-0.05, 0) is 61.3 Å². The Labute approximate surface area is 150 Å². The Hall–Kier alpha value is -0.980. The van der Waals surface area contributed by atoms with Gasteiger partial charge in [-0.1, -0.05) is 78.2 Å². The summed E-state index contributed by atoms with van der Waals surface area (Å²) in [7, 11) is 0. The summed E-state index contributed by atoms with van der Waals surface area (Å²) >= 11 is 0. The molecule has 1 rings (SSSR count). The van der Waals surface area contributed by atoms with Crippen LogP contribution in [0.3, 0.4) is 0 Å². The molecule has 1 aromatic carbocycles. The van der Waals surface area contributed by atoms with Crippen LogP contribution >= 0.6 is 0 Å². The van der Waals surface area contributed by atoms with Crippen LogP contribution in [0, 0.1) is 0 Å². The van der Waals surface area contributed by atoms with Crippen molar-refractivity contribution in [3.05, 3.63) is 28.8 Å². The topological polar surface area (TPSA) is 20.2 Å². The van der Waals surface area contributed by atoms with Crippen molar-refractivity contribution < 1.29 is 5.11 Å². The molecule has 1 heteroatoms. The Kier molecular flexibility index (Phi) is 11.7. The van der Waals surface area contributed by atoms with Crippen LogP contribution in [0.1, 0.15) is 108 Å². The molecule has 24 heavy (non-hydrogen) atoms. The maximum absolute atomic E-state index is 10.3. The summed E-state index contributed by atoms with van der Waals surface area (Å²) in [6.45, 7) is 6.76. The maximum Gasteiger partial charge on any atom is 0.119 e. The van der Waals surface area contributed by atoms with Gasteiger partial charge in [-0.3, -0.25) is 0 Å². The van der Waals surface area contributed by atoms with Gasteiger partial charge in [-0.25, -0.2) is 0 Å². The maximum atomic E-state index is 10.3. The molecule has 138 valence electrons. The van der Waals surface area contributed by atoms with E-state index in [4.69, 9.17) is 0 Å². The van der Waals surface area contributed by atoms with E-state index >= 15 is 0 Å². The third kappa shape index (κ3) is 7.73. The highest BCUT2D eigenvalue weighted by molar-refractivity contribution is 5.45. The fraction of sp³-hybridized carbons (Fsp3) is 0.739. The molecule has 0 aliphatic heterocycles. The molecule has 0 saturated heterocycles. The first kappa shape index (κ1) is 21.1. The molecule has 0 atom stereocenters. The Balaban J connectivity index is 2.63. The van der Waals surface area contributed by atoms with Crippen molar-refractivity contribution in [2.45, 2.75) is 111 Å². The van der Waals surface area contributed by atoms with E-state index < -0.39 is 0 Å². The van der Waals surface area contributed by atoms with Crippen molar-refractivity contribution in [2.24, 2.45) is 0 Å². The number of unbranched alkanes of at least 4 members (excludes halogenated alkanes) is 8. The molecule has 0 bridgehead atoms. The van der Waals surface area contributed by atoms with E-state index in [0.717, 1.165) is 12.8 Å². The highest BCUT2D eigenvalue weighted by Crippen LogP contribution is 2.29. The Morgan fingerprint density at radius 2 is 1.12 bits per heavy atom. The van der Waals surface area contributed by atoms with Crippen LogP contribution < -0.4 is 0 Å². The van der Waals surface area contributed by atoms with Crippen molar-refractivity contribution in [3.63, 3.8) is 0 Å². The number of benzene rings is 1. The second-order valence-corrected chi connectivity index (χ2v) is 7.28. The Morgan fingerprint density at radius 3 is 1.75 bits per heavy atom. The molecule has 1 nitrogen and oxygen atoms in total. The summed E-state index contributed by atoms with van der Waals surface area (Å²) < 4.78 is 0. The summed E-state index contributed by atoms with van der Waals surface area (Å²) in [6, 6.07) is 4.13. The van der Waals surface area contributed by atoms with Gasteiger partial charge in [0.1, 0.15) is 5.75 Å². The van der Waals surface area contributed by atoms with Gasteiger partial charge in [0.2, 0.25) is 0 Å². The van der Waals surface area contributed by atoms with Crippen molar-refractivity contribution in [3.8, 4) is 5.75 Å². The zero-order valence-electron chi connectivity index (χ0n) is 16.5.